The van der Waals surface area contributed by atoms with Crippen molar-refractivity contribution in [2.75, 3.05) is 32.5 Å². The number of hydrogen-bond acceptors (Lipinski definition) is 6. The highest BCUT2D eigenvalue weighted by molar-refractivity contribution is 7.89. The number of nitrogens with one attached hydrogen (secondary N) is 1. The first-order valence-electron chi connectivity index (χ1n) is 10.3. The van der Waals surface area contributed by atoms with Crippen molar-refractivity contribution in [3.05, 3.63) is 46.7 Å². The van der Waals surface area contributed by atoms with E-state index in [1.54, 1.807) is 6.92 Å². The smallest absolute Gasteiger partial charge is 0.243 e. The van der Waals surface area contributed by atoms with Crippen LogP contribution in [0.5, 0.6) is 0 Å². The number of piperidine rings is 1. The number of nitrogens with zero attached hydrogens (tertiary/aromatic N) is 4. The van der Waals surface area contributed by atoms with Crippen LogP contribution in [0.3, 0.4) is 0 Å². The van der Waals surface area contributed by atoms with Crippen molar-refractivity contribution in [1.29, 1.82) is 0 Å². The van der Waals surface area contributed by atoms with E-state index >= 15 is 0 Å². The second-order valence-corrected chi connectivity index (χ2v) is 10.0. The van der Waals surface area contributed by atoms with E-state index in [0.717, 1.165) is 49.4 Å². The SMILES string of the molecule is CNc1nc([C@@H]2CCCCN2S(=O)(=O)c2ccc(F)c(C)c2)nc2c1CN(C)CC2. The third-order valence-corrected chi connectivity index (χ3v) is 7.90. The lowest BCUT2D eigenvalue weighted by Crippen LogP contribution is -2.40. The summed E-state index contributed by atoms with van der Waals surface area (Å²) in [5, 5.41) is 3.17. The molecule has 0 unspecified atom stereocenters. The van der Waals surface area contributed by atoms with Gasteiger partial charge in [-0.15, -0.1) is 0 Å². The van der Waals surface area contributed by atoms with Gasteiger partial charge in [0.15, 0.2) is 0 Å². The maximum atomic E-state index is 13.7. The third-order valence-electron chi connectivity index (χ3n) is 5.99. The Hall–Kier alpha value is -2.10. The molecule has 0 radical (unpaired) electrons. The lowest BCUT2D eigenvalue weighted by Gasteiger charge is -2.35. The molecule has 2 aliphatic heterocycles. The molecular weight excluding hydrogens is 405 g/mol. The van der Waals surface area contributed by atoms with Gasteiger partial charge in [0.05, 0.1) is 16.6 Å². The van der Waals surface area contributed by atoms with Crippen molar-refractivity contribution < 1.29 is 12.8 Å². The molecule has 0 amide bonds. The molecular formula is C21H28FN5O2S. The Morgan fingerprint density at radius 3 is 2.73 bits per heavy atom. The van der Waals surface area contributed by atoms with Crippen molar-refractivity contribution in [2.24, 2.45) is 0 Å². The number of aryl methyl sites for hydroxylation is 1. The normalized spacial score (nSPS) is 20.7. The predicted molar refractivity (Wildman–Crippen MR) is 113 cm³/mol. The summed E-state index contributed by atoms with van der Waals surface area (Å²) in [4.78, 5) is 11.9. The molecule has 0 spiro atoms. The van der Waals surface area contributed by atoms with Gasteiger partial charge in [-0.3, -0.25) is 0 Å². The van der Waals surface area contributed by atoms with Crippen LogP contribution in [0.15, 0.2) is 23.1 Å². The van der Waals surface area contributed by atoms with Gasteiger partial charge in [0.2, 0.25) is 10.0 Å². The first-order valence-corrected chi connectivity index (χ1v) is 11.8. The Labute approximate surface area is 177 Å². The second kappa shape index (κ2) is 8.20. The number of benzene rings is 1. The fraction of sp³-hybridized carbons (Fsp3) is 0.524. The Kier molecular flexibility index (Phi) is 5.78. The topological polar surface area (TPSA) is 78.4 Å². The van der Waals surface area contributed by atoms with E-state index in [1.165, 1.54) is 22.5 Å². The van der Waals surface area contributed by atoms with E-state index in [4.69, 9.17) is 9.97 Å². The highest BCUT2D eigenvalue weighted by atomic mass is 32.2. The molecule has 1 atom stereocenters. The summed E-state index contributed by atoms with van der Waals surface area (Å²) in [6.45, 7) is 3.66. The maximum absolute atomic E-state index is 13.7. The highest BCUT2D eigenvalue weighted by Gasteiger charge is 2.37. The molecule has 162 valence electrons. The molecule has 1 aromatic heterocycles. The molecule has 1 aromatic carbocycles. The molecule has 1 fully saturated rings. The standard InChI is InChI=1S/C21H28FN5O2S/c1-14-12-15(7-8-17(14)22)30(28,29)27-10-5-4-6-19(27)21-24-18-9-11-26(3)13-16(18)20(23-2)25-21/h7-8,12,19H,4-6,9-11,13H2,1-3H3,(H,23,24,25)/t19-/m0/s1. The average molecular weight is 434 g/mol. The van der Waals surface area contributed by atoms with E-state index < -0.39 is 21.9 Å². The van der Waals surface area contributed by atoms with E-state index in [0.29, 0.717) is 24.4 Å². The molecule has 2 aliphatic rings. The predicted octanol–water partition coefficient (Wildman–Crippen LogP) is 2.87. The first kappa shape index (κ1) is 21.1. The third kappa shape index (κ3) is 3.81. The van der Waals surface area contributed by atoms with Crippen LogP contribution >= 0.6 is 0 Å². The number of halogens is 1. The monoisotopic (exact) mass is 433 g/mol. The van der Waals surface area contributed by atoms with Crippen molar-refractivity contribution in [1.82, 2.24) is 19.2 Å². The number of likely N-dealkylation sites (N-methyl/N-ethyl adjacent to an activating group) is 1. The van der Waals surface area contributed by atoms with Gasteiger partial charge in [-0.2, -0.15) is 4.31 Å². The minimum atomic E-state index is -3.79. The maximum Gasteiger partial charge on any atom is 0.243 e. The summed E-state index contributed by atoms with van der Waals surface area (Å²) in [6, 6.07) is 3.53. The van der Waals surface area contributed by atoms with Crippen LogP contribution in [0.4, 0.5) is 10.2 Å². The summed E-state index contributed by atoms with van der Waals surface area (Å²) < 4.78 is 42.1. The molecule has 3 heterocycles. The van der Waals surface area contributed by atoms with Gasteiger partial charge in [0.25, 0.3) is 0 Å². The Bertz CT molecular complexity index is 1040. The van der Waals surface area contributed by atoms with Gasteiger partial charge in [0, 0.05) is 38.7 Å². The molecule has 30 heavy (non-hydrogen) atoms. The number of aromatic nitrogens is 2. The minimum Gasteiger partial charge on any atom is -0.373 e. The van der Waals surface area contributed by atoms with Gasteiger partial charge >= 0.3 is 0 Å². The minimum absolute atomic E-state index is 0.113. The average Bonchev–Trinajstić information content (AvgIpc) is 2.74. The van der Waals surface area contributed by atoms with Gasteiger partial charge in [0.1, 0.15) is 17.5 Å². The summed E-state index contributed by atoms with van der Waals surface area (Å²) in [5.74, 6) is 0.901. The van der Waals surface area contributed by atoms with Crippen LogP contribution in [0.25, 0.3) is 0 Å². The van der Waals surface area contributed by atoms with Crippen LogP contribution in [0, 0.1) is 12.7 Å². The Morgan fingerprint density at radius 1 is 1.20 bits per heavy atom. The zero-order valence-electron chi connectivity index (χ0n) is 17.7. The van der Waals surface area contributed by atoms with Gasteiger partial charge in [-0.05, 0) is 50.6 Å². The summed E-state index contributed by atoms with van der Waals surface area (Å²) >= 11 is 0. The molecule has 0 bridgehead atoms. The molecule has 7 nitrogen and oxygen atoms in total. The molecule has 1 N–H and O–H groups in total. The number of anilines is 1. The molecule has 1 saturated heterocycles. The van der Waals surface area contributed by atoms with Crippen LogP contribution in [0.2, 0.25) is 0 Å². The molecule has 9 heteroatoms. The number of hydrogen-bond donors (Lipinski definition) is 1. The quantitative estimate of drug-likeness (QED) is 0.799. The van der Waals surface area contributed by atoms with Crippen LogP contribution < -0.4 is 5.32 Å². The molecule has 0 aliphatic carbocycles. The number of sulfonamides is 1. The lowest BCUT2D eigenvalue weighted by molar-refractivity contribution is 0.244. The fourth-order valence-corrected chi connectivity index (χ4v) is 6.03. The Morgan fingerprint density at radius 2 is 2.00 bits per heavy atom. The van der Waals surface area contributed by atoms with Crippen LogP contribution in [0.1, 0.15) is 47.9 Å². The summed E-state index contributed by atoms with van der Waals surface area (Å²) in [6.07, 6.45) is 3.18. The van der Waals surface area contributed by atoms with E-state index in [2.05, 4.69) is 17.3 Å². The van der Waals surface area contributed by atoms with E-state index in [9.17, 15) is 12.8 Å². The van der Waals surface area contributed by atoms with Gasteiger partial charge in [-0.1, -0.05) is 6.42 Å². The van der Waals surface area contributed by atoms with E-state index in [1.807, 2.05) is 7.05 Å². The fourth-order valence-electron chi connectivity index (χ4n) is 4.29. The molecule has 0 saturated carbocycles. The Balaban J connectivity index is 1.75. The second-order valence-electron chi connectivity index (χ2n) is 8.13. The summed E-state index contributed by atoms with van der Waals surface area (Å²) in [5.41, 5.74) is 2.38. The molecule has 4 rings (SSSR count). The zero-order valence-corrected chi connectivity index (χ0v) is 18.5. The van der Waals surface area contributed by atoms with Crippen molar-refractivity contribution in [3.63, 3.8) is 0 Å². The van der Waals surface area contributed by atoms with Crippen LogP contribution in [-0.4, -0.2) is 54.8 Å². The molecule has 2 aromatic rings. The largest absolute Gasteiger partial charge is 0.373 e. The van der Waals surface area contributed by atoms with Gasteiger partial charge in [-0.25, -0.2) is 22.8 Å². The van der Waals surface area contributed by atoms with Crippen molar-refractivity contribution in [2.45, 2.75) is 50.1 Å². The van der Waals surface area contributed by atoms with Crippen molar-refractivity contribution in [3.8, 4) is 0 Å². The first-order chi connectivity index (χ1) is 14.3. The number of fused-ring (bicyclic) bond motifs is 1. The van der Waals surface area contributed by atoms with Crippen LogP contribution in [-0.2, 0) is 23.0 Å². The van der Waals surface area contributed by atoms with E-state index in [-0.39, 0.29) is 4.90 Å². The zero-order chi connectivity index (χ0) is 21.5. The summed E-state index contributed by atoms with van der Waals surface area (Å²) in [7, 11) is 0.107. The highest BCUT2D eigenvalue weighted by Crippen LogP contribution is 2.36. The number of rotatable bonds is 4. The van der Waals surface area contributed by atoms with Crippen molar-refractivity contribution >= 4 is 15.8 Å². The lowest BCUT2D eigenvalue weighted by atomic mass is 10.0. The van der Waals surface area contributed by atoms with Gasteiger partial charge < -0.3 is 10.2 Å².